The molecule has 2 rings (SSSR count). The molecule has 0 unspecified atom stereocenters. The van der Waals surface area contributed by atoms with Crippen LogP contribution in [0.4, 0.5) is 0 Å². The third-order valence-corrected chi connectivity index (χ3v) is 2.15. The first-order valence-electron chi connectivity index (χ1n) is 3.82. The second-order valence-corrected chi connectivity index (χ2v) is 2.93. The molecule has 0 heterocycles. The van der Waals surface area contributed by atoms with Crippen LogP contribution in [0.5, 0.6) is 0 Å². The van der Waals surface area contributed by atoms with Gasteiger partial charge in [-0.15, -0.1) is 11.6 Å². The Labute approximate surface area is 76.8 Å². The van der Waals surface area contributed by atoms with E-state index in [1.807, 2.05) is 18.2 Å². The lowest BCUT2D eigenvalue weighted by atomic mass is 10.1. The minimum Gasteiger partial charge on any atom is -0.116 e. The summed E-state index contributed by atoms with van der Waals surface area (Å²) in [5.74, 6) is 1.59. The Morgan fingerprint density at radius 1 is 0.917 bits per heavy atom. The van der Waals surface area contributed by atoms with Crippen molar-refractivity contribution < 1.29 is 0 Å². The highest BCUT2D eigenvalue weighted by atomic mass is 35.5. The average Bonchev–Trinajstić information content (AvgIpc) is 2.17. The maximum atomic E-state index is 5.60. The highest BCUT2D eigenvalue weighted by molar-refractivity contribution is 6.25. The molecule has 0 spiro atoms. The van der Waals surface area contributed by atoms with E-state index in [0.29, 0.717) is 0 Å². The molecule has 0 amide bonds. The highest BCUT2D eigenvalue weighted by Crippen LogP contribution is 2.17. The predicted octanol–water partition coefficient (Wildman–Crippen LogP) is 3.59. The Morgan fingerprint density at radius 3 is 2.42 bits per heavy atom. The van der Waals surface area contributed by atoms with Crippen molar-refractivity contribution >= 4 is 22.4 Å². The molecule has 0 aliphatic heterocycles. The highest BCUT2D eigenvalue weighted by Gasteiger charge is 1.93. The second kappa shape index (κ2) is 3.16. The molecule has 0 atom stereocenters. The van der Waals surface area contributed by atoms with Crippen LogP contribution < -0.4 is 0 Å². The van der Waals surface area contributed by atoms with E-state index >= 15 is 0 Å². The molecule has 0 nitrogen and oxygen atoms in total. The van der Waals surface area contributed by atoms with Crippen molar-refractivity contribution in [2.45, 2.75) is 0 Å². The molecule has 0 aliphatic carbocycles. The normalized spacial score (nSPS) is 10.4. The third kappa shape index (κ3) is 1.30. The molecular formula is C11H8Cl. The summed E-state index contributed by atoms with van der Waals surface area (Å²) in [4.78, 5) is 0. The first kappa shape index (κ1) is 7.63. The average molecular weight is 176 g/mol. The lowest BCUT2D eigenvalue weighted by Gasteiger charge is -1.98. The summed E-state index contributed by atoms with van der Waals surface area (Å²) in [7, 11) is 0. The zero-order valence-corrected chi connectivity index (χ0v) is 7.25. The SMILES string of the molecule is Cl[CH]c1ccc2ccccc2c1. The quantitative estimate of drug-likeness (QED) is 0.622. The van der Waals surface area contributed by atoms with Crippen molar-refractivity contribution in [2.24, 2.45) is 0 Å². The number of rotatable bonds is 1. The van der Waals surface area contributed by atoms with Crippen molar-refractivity contribution in [2.75, 3.05) is 0 Å². The van der Waals surface area contributed by atoms with Crippen LogP contribution in [-0.4, -0.2) is 0 Å². The molecule has 0 saturated heterocycles. The topological polar surface area (TPSA) is 0 Å². The van der Waals surface area contributed by atoms with Crippen LogP contribution in [0.15, 0.2) is 42.5 Å². The molecule has 0 fully saturated rings. The fourth-order valence-electron chi connectivity index (χ4n) is 1.28. The van der Waals surface area contributed by atoms with Crippen LogP contribution >= 0.6 is 11.6 Å². The Bertz CT molecular complexity index is 393. The first-order valence-corrected chi connectivity index (χ1v) is 4.26. The minimum atomic E-state index is 1.05. The summed E-state index contributed by atoms with van der Waals surface area (Å²) in [5.41, 5.74) is 1.05. The molecule has 0 aliphatic rings. The summed E-state index contributed by atoms with van der Waals surface area (Å²) in [6.07, 6.45) is 0. The van der Waals surface area contributed by atoms with Gasteiger partial charge in [0, 0.05) is 0 Å². The molecule has 0 N–H and O–H groups in total. The van der Waals surface area contributed by atoms with Gasteiger partial charge in [-0.3, -0.25) is 0 Å². The molecule has 0 aromatic heterocycles. The van der Waals surface area contributed by atoms with Crippen LogP contribution in [0.25, 0.3) is 10.8 Å². The van der Waals surface area contributed by atoms with E-state index < -0.39 is 0 Å². The van der Waals surface area contributed by atoms with Crippen LogP contribution in [0.1, 0.15) is 5.56 Å². The smallest absolute Gasteiger partial charge is 0.0790 e. The fraction of sp³-hybridized carbons (Fsp3) is 0. The Morgan fingerprint density at radius 2 is 1.67 bits per heavy atom. The third-order valence-electron chi connectivity index (χ3n) is 1.90. The molecule has 12 heavy (non-hydrogen) atoms. The van der Waals surface area contributed by atoms with E-state index in [-0.39, 0.29) is 0 Å². The van der Waals surface area contributed by atoms with Gasteiger partial charge in [-0.1, -0.05) is 36.4 Å². The van der Waals surface area contributed by atoms with Crippen molar-refractivity contribution in [1.29, 1.82) is 0 Å². The van der Waals surface area contributed by atoms with Crippen molar-refractivity contribution in [1.82, 2.24) is 0 Å². The summed E-state index contributed by atoms with van der Waals surface area (Å²) in [6.45, 7) is 0. The van der Waals surface area contributed by atoms with Gasteiger partial charge in [-0.2, -0.15) is 0 Å². The van der Waals surface area contributed by atoms with Gasteiger partial charge >= 0.3 is 0 Å². The van der Waals surface area contributed by atoms with Crippen molar-refractivity contribution in [3.8, 4) is 0 Å². The van der Waals surface area contributed by atoms with Crippen LogP contribution in [0.3, 0.4) is 0 Å². The second-order valence-electron chi connectivity index (χ2n) is 2.72. The molecular weight excluding hydrogens is 168 g/mol. The molecule has 59 valence electrons. The molecule has 1 heteroatoms. The van der Waals surface area contributed by atoms with Crippen LogP contribution in [-0.2, 0) is 0 Å². The van der Waals surface area contributed by atoms with Gasteiger partial charge < -0.3 is 0 Å². The number of fused-ring (bicyclic) bond motifs is 1. The van der Waals surface area contributed by atoms with Gasteiger partial charge in [0.05, 0.1) is 5.88 Å². The van der Waals surface area contributed by atoms with Gasteiger partial charge in [0.25, 0.3) is 0 Å². The Kier molecular flexibility index (Phi) is 2.01. The Hall–Kier alpha value is -1.01. The molecule has 0 saturated carbocycles. The molecule has 2 aromatic rings. The van der Waals surface area contributed by atoms with E-state index in [2.05, 4.69) is 24.3 Å². The van der Waals surface area contributed by atoms with Gasteiger partial charge in [0.1, 0.15) is 0 Å². The standard InChI is InChI=1S/C11H8Cl/c12-8-9-5-6-10-3-1-2-4-11(10)7-9/h1-8H. The van der Waals surface area contributed by atoms with Crippen molar-refractivity contribution in [3.05, 3.63) is 53.9 Å². The maximum Gasteiger partial charge on any atom is 0.0790 e. The molecule has 0 bridgehead atoms. The lowest BCUT2D eigenvalue weighted by Crippen LogP contribution is -1.75. The maximum absolute atomic E-state index is 5.60. The number of halogens is 1. The fourth-order valence-corrected chi connectivity index (χ4v) is 1.41. The first-order chi connectivity index (χ1) is 5.90. The summed E-state index contributed by atoms with van der Waals surface area (Å²) < 4.78 is 0. The van der Waals surface area contributed by atoms with Gasteiger partial charge in [0.15, 0.2) is 0 Å². The van der Waals surface area contributed by atoms with E-state index in [0.717, 1.165) is 5.56 Å². The number of hydrogen-bond acceptors (Lipinski definition) is 0. The molecule has 2 aromatic carbocycles. The van der Waals surface area contributed by atoms with E-state index in [4.69, 9.17) is 11.6 Å². The van der Waals surface area contributed by atoms with E-state index in [1.165, 1.54) is 10.8 Å². The van der Waals surface area contributed by atoms with Gasteiger partial charge in [0.2, 0.25) is 0 Å². The summed E-state index contributed by atoms with van der Waals surface area (Å²) >= 11 is 5.60. The van der Waals surface area contributed by atoms with Crippen molar-refractivity contribution in [3.63, 3.8) is 0 Å². The van der Waals surface area contributed by atoms with Gasteiger partial charge in [-0.05, 0) is 22.4 Å². The van der Waals surface area contributed by atoms with Crippen LogP contribution in [0, 0.1) is 5.88 Å². The zero-order valence-electron chi connectivity index (χ0n) is 6.50. The Balaban J connectivity index is 2.67. The number of benzene rings is 2. The monoisotopic (exact) mass is 175 g/mol. The molecule has 1 radical (unpaired) electrons. The van der Waals surface area contributed by atoms with E-state index in [9.17, 15) is 0 Å². The minimum absolute atomic E-state index is 1.05. The zero-order chi connectivity index (χ0) is 8.39. The summed E-state index contributed by atoms with van der Waals surface area (Å²) in [6, 6.07) is 14.4. The van der Waals surface area contributed by atoms with Gasteiger partial charge in [-0.25, -0.2) is 0 Å². The van der Waals surface area contributed by atoms with Crippen LogP contribution in [0.2, 0.25) is 0 Å². The van der Waals surface area contributed by atoms with E-state index in [1.54, 1.807) is 5.88 Å². The predicted molar refractivity (Wildman–Crippen MR) is 53.2 cm³/mol. The lowest BCUT2D eigenvalue weighted by molar-refractivity contribution is 1.63. The summed E-state index contributed by atoms with van der Waals surface area (Å²) in [5, 5.41) is 2.48. The largest absolute Gasteiger partial charge is 0.116 e. The number of hydrogen-bond donors (Lipinski definition) is 0.